The van der Waals surface area contributed by atoms with Crippen LogP contribution in [-0.2, 0) is 19.4 Å². The summed E-state index contributed by atoms with van der Waals surface area (Å²) in [6.07, 6.45) is 4.60. The SMILES string of the molecule is CCc1nncn1CCNC(=NCCc1ccc(OC)cc1)NC(C)CC.I. The molecule has 0 saturated heterocycles. The summed E-state index contributed by atoms with van der Waals surface area (Å²) in [4.78, 5) is 4.73. The second-order valence-electron chi connectivity index (χ2n) is 6.50. The molecule has 2 aromatic rings. The number of aromatic nitrogens is 3. The number of benzene rings is 1. The lowest BCUT2D eigenvalue weighted by atomic mass is 10.1. The van der Waals surface area contributed by atoms with Gasteiger partial charge in [-0.2, -0.15) is 0 Å². The molecule has 156 valence electrons. The summed E-state index contributed by atoms with van der Waals surface area (Å²) in [5, 5.41) is 15.0. The second-order valence-corrected chi connectivity index (χ2v) is 6.50. The van der Waals surface area contributed by atoms with Crippen LogP contribution < -0.4 is 15.4 Å². The molecule has 1 unspecified atom stereocenters. The van der Waals surface area contributed by atoms with Crippen LogP contribution in [0.5, 0.6) is 5.75 Å². The van der Waals surface area contributed by atoms with Crippen LogP contribution in [0.2, 0.25) is 0 Å². The van der Waals surface area contributed by atoms with Gasteiger partial charge in [-0.1, -0.05) is 26.0 Å². The molecule has 7 nitrogen and oxygen atoms in total. The molecule has 0 fully saturated rings. The molecule has 1 aromatic carbocycles. The number of ether oxygens (including phenoxy) is 1. The predicted octanol–water partition coefficient (Wildman–Crippen LogP) is 3.04. The summed E-state index contributed by atoms with van der Waals surface area (Å²) in [6.45, 7) is 8.73. The molecule has 0 saturated carbocycles. The average Bonchev–Trinajstić information content (AvgIpc) is 3.15. The Labute approximate surface area is 185 Å². The highest BCUT2D eigenvalue weighted by Gasteiger charge is 2.05. The van der Waals surface area contributed by atoms with Crippen LogP contribution in [0.4, 0.5) is 0 Å². The molecule has 0 aliphatic carbocycles. The normalized spacial score (nSPS) is 12.2. The van der Waals surface area contributed by atoms with Crippen molar-refractivity contribution in [1.29, 1.82) is 0 Å². The van der Waals surface area contributed by atoms with Crippen molar-refractivity contribution < 1.29 is 4.74 Å². The van der Waals surface area contributed by atoms with Gasteiger partial charge in [0.15, 0.2) is 5.96 Å². The van der Waals surface area contributed by atoms with Crippen LogP contribution in [0, 0.1) is 0 Å². The molecule has 0 amide bonds. The molecular weight excluding hydrogens is 467 g/mol. The van der Waals surface area contributed by atoms with Crippen molar-refractivity contribution in [2.75, 3.05) is 20.2 Å². The number of guanidine groups is 1. The number of nitrogens with zero attached hydrogens (tertiary/aromatic N) is 4. The Morgan fingerprint density at radius 1 is 1.25 bits per heavy atom. The minimum Gasteiger partial charge on any atom is -0.497 e. The van der Waals surface area contributed by atoms with E-state index in [9.17, 15) is 0 Å². The van der Waals surface area contributed by atoms with E-state index in [1.807, 2.05) is 12.1 Å². The number of methoxy groups -OCH3 is 1. The predicted molar refractivity (Wildman–Crippen MR) is 125 cm³/mol. The summed E-state index contributed by atoms with van der Waals surface area (Å²) < 4.78 is 7.28. The van der Waals surface area contributed by atoms with Crippen molar-refractivity contribution in [1.82, 2.24) is 25.4 Å². The van der Waals surface area contributed by atoms with Crippen molar-refractivity contribution in [3.05, 3.63) is 42.0 Å². The zero-order chi connectivity index (χ0) is 19.5. The fraction of sp³-hybridized carbons (Fsp3) is 0.550. The van der Waals surface area contributed by atoms with E-state index in [1.54, 1.807) is 13.4 Å². The molecule has 0 bridgehead atoms. The molecule has 8 heteroatoms. The molecule has 2 N–H and O–H groups in total. The second kappa shape index (κ2) is 13.4. The van der Waals surface area contributed by atoms with Crippen molar-refractivity contribution in [2.24, 2.45) is 4.99 Å². The van der Waals surface area contributed by atoms with Gasteiger partial charge in [-0.05, 0) is 37.5 Å². The Morgan fingerprint density at radius 2 is 2.00 bits per heavy atom. The van der Waals surface area contributed by atoms with Gasteiger partial charge in [0.05, 0.1) is 7.11 Å². The van der Waals surface area contributed by atoms with Gasteiger partial charge < -0.3 is 19.9 Å². The van der Waals surface area contributed by atoms with Gasteiger partial charge in [0.2, 0.25) is 0 Å². The molecule has 0 spiro atoms. The topological polar surface area (TPSA) is 76.4 Å². The lowest BCUT2D eigenvalue weighted by Gasteiger charge is -2.17. The fourth-order valence-electron chi connectivity index (χ4n) is 2.61. The standard InChI is InChI=1S/C20H32N6O.HI/c1-5-16(3)24-20(22-13-14-26-15-23-25-19(26)6-2)21-12-11-17-7-9-18(27-4)10-8-17;/h7-10,15-16H,5-6,11-14H2,1-4H3,(H2,21,22,24);1H. The third-order valence-electron chi connectivity index (χ3n) is 4.48. The van der Waals surface area contributed by atoms with Crippen molar-refractivity contribution in [3.8, 4) is 5.75 Å². The molecule has 1 aromatic heterocycles. The van der Waals surface area contributed by atoms with Gasteiger partial charge in [-0.25, -0.2) is 0 Å². The van der Waals surface area contributed by atoms with Crippen molar-refractivity contribution >= 4 is 29.9 Å². The molecule has 0 radical (unpaired) electrons. The van der Waals surface area contributed by atoms with Crippen LogP contribution >= 0.6 is 24.0 Å². The van der Waals surface area contributed by atoms with Gasteiger partial charge >= 0.3 is 0 Å². The van der Waals surface area contributed by atoms with Gasteiger partial charge in [0.25, 0.3) is 0 Å². The van der Waals surface area contributed by atoms with Gasteiger partial charge in [-0.3, -0.25) is 4.99 Å². The smallest absolute Gasteiger partial charge is 0.191 e. The molecule has 0 aliphatic rings. The maximum Gasteiger partial charge on any atom is 0.191 e. The van der Waals surface area contributed by atoms with E-state index in [1.165, 1.54) is 5.56 Å². The van der Waals surface area contributed by atoms with E-state index >= 15 is 0 Å². The van der Waals surface area contributed by atoms with Gasteiger partial charge in [0.1, 0.15) is 17.9 Å². The summed E-state index contributed by atoms with van der Waals surface area (Å²) >= 11 is 0. The first-order valence-electron chi connectivity index (χ1n) is 9.70. The lowest BCUT2D eigenvalue weighted by molar-refractivity contribution is 0.414. The average molecular weight is 500 g/mol. The Kier molecular flexibility index (Phi) is 11.5. The number of halogens is 1. The minimum atomic E-state index is 0. The van der Waals surface area contributed by atoms with E-state index in [2.05, 4.69) is 58.3 Å². The van der Waals surface area contributed by atoms with E-state index in [-0.39, 0.29) is 24.0 Å². The fourth-order valence-corrected chi connectivity index (χ4v) is 2.61. The Morgan fingerprint density at radius 3 is 2.64 bits per heavy atom. The van der Waals surface area contributed by atoms with Crippen LogP contribution in [0.25, 0.3) is 0 Å². The van der Waals surface area contributed by atoms with E-state index in [0.717, 1.165) is 56.4 Å². The van der Waals surface area contributed by atoms with E-state index in [0.29, 0.717) is 6.04 Å². The van der Waals surface area contributed by atoms with Crippen molar-refractivity contribution in [3.63, 3.8) is 0 Å². The summed E-state index contributed by atoms with van der Waals surface area (Å²) in [5.41, 5.74) is 1.25. The number of hydrogen-bond acceptors (Lipinski definition) is 4. The molecule has 1 atom stereocenters. The van der Waals surface area contributed by atoms with E-state index in [4.69, 9.17) is 9.73 Å². The summed E-state index contributed by atoms with van der Waals surface area (Å²) in [6, 6.07) is 8.52. The first-order chi connectivity index (χ1) is 13.2. The zero-order valence-corrected chi connectivity index (χ0v) is 19.6. The highest BCUT2D eigenvalue weighted by molar-refractivity contribution is 14.0. The first kappa shape index (κ1) is 24.2. The van der Waals surface area contributed by atoms with Crippen LogP contribution in [-0.4, -0.2) is 47.0 Å². The quantitative estimate of drug-likeness (QED) is 0.298. The third kappa shape index (κ3) is 8.04. The number of hydrogen-bond donors (Lipinski definition) is 2. The van der Waals surface area contributed by atoms with Crippen LogP contribution in [0.15, 0.2) is 35.6 Å². The zero-order valence-electron chi connectivity index (χ0n) is 17.3. The number of rotatable bonds is 10. The molecule has 1 heterocycles. The highest BCUT2D eigenvalue weighted by Crippen LogP contribution is 2.11. The molecule has 28 heavy (non-hydrogen) atoms. The van der Waals surface area contributed by atoms with Gasteiger partial charge in [0, 0.05) is 32.1 Å². The van der Waals surface area contributed by atoms with Crippen molar-refractivity contribution in [2.45, 2.75) is 52.6 Å². The highest BCUT2D eigenvalue weighted by atomic mass is 127. The monoisotopic (exact) mass is 500 g/mol. The molecule has 0 aliphatic heterocycles. The van der Waals surface area contributed by atoms with Crippen LogP contribution in [0.1, 0.15) is 38.6 Å². The van der Waals surface area contributed by atoms with Crippen LogP contribution in [0.3, 0.4) is 0 Å². The Hall–Kier alpha value is -1.84. The maximum atomic E-state index is 5.20. The largest absolute Gasteiger partial charge is 0.497 e. The maximum absolute atomic E-state index is 5.20. The lowest BCUT2D eigenvalue weighted by Crippen LogP contribution is -2.43. The van der Waals surface area contributed by atoms with E-state index < -0.39 is 0 Å². The Balaban J connectivity index is 0.00000392. The molecular formula is C20H33IN6O. The first-order valence-corrected chi connectivity index (χ1v) is 9.70. The summed E-state index contributed by atoms with van der Waals surface area (Å²) in [7, 11) is 1.68. The Bertz CT molecular complexity index is 701. The third-order valence-corrected chi connectivity index (χ3v) is 4.48. The molecule has 2 rings (SSSR count). The number of aryl methyl sites for hydroxylation is 1. The van der Waals surface area contributed by atoms with Gasteiger partial charge in [-0.15, -0.1) is 34.2 Å². The number of aliphatic imine (C=N–C) groups is 1. The number of nitrogens with one attached hydrogen (secondary N) is 2. The minimum absolute atomic E-state index is 0. The summed E-state index contributed by atoms with van der Waals surface area (Å²) in [5.74, 6) is 2.73.